The highest BCUT2D eigenvalue weighted by Gasteiger charge is 2.19. The van der Waals surface area contributed by atoms with Crippen LogP contribution in [0.25, 0.3) is 6.08 Å². The first-order valence-corrected chi connectivity index (χ1v) is 10.6. The highest BCUT2D eigenvalue weighted by Crippen LogP contribution is 2.11. The summed E-state index contributed by atoms with van der Waals surface area (Å²) in [6.07, 6.45) is 4.39. The van der Waals surface area contributed by atoms with Crippen LogP contribution < -0.4 is 21.4 Å². The molecule has 0 bridgehead atoms. The summed E-state index contributed by atoms with van der Waals surface area (Å²) in [7, 11) is 0. The van der Waals surface area contributed by atoms with Crippen LogP contribution in [-0.4, -0.2) is 35.4 Å². The van der Waals surface area contributed by atoms with E-state index in [0.29, 0.717) is 18.8 Å². The molecule has 11 heteroatoms. The number of benzene rings is 1. The van der Waals surface area contributed by atoms with Crippen molar-refractivity contribution in [2.75, 3.05) is 6.54 Å². The normalized spacial score (nSPS) is 11.7. The first kappa shape index (κ1) is 26.1. The highest BCUT2D eigenvalue weighted by atomic mass is 79.9. The molecule has 169 valence electrons. The summed E-state index contributed by atoms with van der Waals surface area (Å²) in [5.74, 6) is -0.823. The summed E-state index contributed by atoms with van der Waals surface area (Å²) in [5.41, 5.74) is 2.53. The SMILES string of the molecule is CC(C)C[CH]NC(=O)[C@H](CCCNC(=N)N[N+](=O)[O-])NC(=O)/C=C/c1ccc(Br)cc1. The number of halogens is 1. The van der Waals surface area contributed by atoms with Crippen molar-refractivity contribution in [3.8, 4) is 0 Å². The van der Waals surface area contributed by atoms with Crippen LogP contribution in [-0.2, 0) is 9.59 Å². The van der Waals surface area contributed by atoms with Crippen LogP contribution in [0.5, 0.6) is 0 Å². The number of hydrogen-bond donors (Lipinski definition) is 5. The van der Waals surface area contributed by atoms with Gasteiger partial charge in [-0.3, -0.25) is 15.0 Å². The van der Waals surface area contributed by atoms with Crippen LogP contribution in [0, 0.1) is 28.0 Å². The summed E-state index contributed by atoms with van der Waals surface area (Å²) in [6, 6.07) is 6.62. The first-order valence-electron chi connectivity index (χ1n) is 9.77. The van der Waals surface area contributed by atoms with Gasteiger partial charge in [0.05, 0.1) is 0 Å². The predicted octanol–water partition coefficient (Wildman–Crippen LogP) is 2.36. The summed E-state index contributed by atoms with van der Waals surface area (Å²) in [4.78, 5) is 35.1. The summed E-state index contributed by atoms with van der Waals surface area (Å²) >= 11 is 3.35. The molecule has 31 heavy (non-hydrogen) atoms. The van der Waals surface area contributed by atoms with Crippen molar-refractivity contribution in [2.24, 2.45) is 5.92 Å². The number of hydrogen-bond acceptors (Lipinski definition) is 5. The minimum Gasteiger partial charge on any atom is -0.352 e. The van der Waals surface area contributed by atoms with Gasteiger partial charge in [0.25, 0.3) is 5.96 Å². The van der Waals surface area contributed by atoms with Crippen molar-refractivity contribution in [3.63, 3.8) is 0 Å². The van der Waals surface area contributed by atoms with Gasteiger partial charge in [-0.05, 0) is 49.0 Å². The second kappa shape index (κ2) is 14.1. The van der Waals surface area contributed by atoms with E-state index in [9.17, 15) is 19.7 Å². The van der Waals surface area contributed by atoms with E-state index in [-0.39, 0.29) is 18.9 Å². The zero-order chi connectivity index (χ0) is 23.2. The third-order valence-electron chi connectivity index (χ3n) is 3.94. The number of guanidine groups is 1. The number of hydrazine groups is 1. The first-order chi connectivity index (χ1) is 14.7. The van der Waals surface area contributed by atoms with E-state index in [4.69, 9.17) is 5.41 Å². The Morgan fingerprint density at radius 2 is 1.94 bits per heavy atom. The molecule has 0 heterocycles. The lowest BCUT2D eigenvalue weighted by atomic mass is 10.1. The Labute approximate surface area is 190 Å². The zero-order valence-corrected chi connectivity index (χ0v) is 19.1. The maximum absolute atomic E-state index is 12.5. The maximum Gasteiger partial charge on any atom is 0.251 e. The fraction of sp³-hybridized carbons (Fsp3) is 0.400. The van der Waals surface area contributed by atoms with Crippen LogP contribution in [0.1, 0.15) is 38.7 Å². The van der Waals surface area contributed by atoms with Gasteiger partial charge in [0, 0.05) is 23.6 Å². The molecular weight excluding hydrogens is 468 g/mol. The highest BCUT2D eigenvalue weighted by molar-refractivity contribution is 9.10. The van der Waals surface area contributed by atoms with Crippen LogP contribution in [0.15, 0.2) is 34.8 Å². The maximum atomic E-state index is 12.5. The molecule has 0 unspecified atom stereocenters. The smallest absolute Gasteiger partial charge is 0.251 e. The molecule has 0 fully saturated rings. The molecule has 1 rings (SSSR count). The predicted molar refractivity (Wildman–Crippen MR) is 122 cm³/mol. The van der Waals surface area contributed by atoms with E-state index >= 15 is 0 Å². The van der Waals surface area contributed by atoms with Crippen molar-refractivity contribution < 1.29 is 14.6 Å². The van der Waals surface area contributed by atoms with Gasteiger partial charge in [0.15, 0.2) is 5.03 Å². The third kappa shape index (κ3) is 12.4. The molecule has 0 spiro atoms. The van der Waals surface area contributed by atoms with E-state index in [1.165, 1.54) is 6.08 Å². The standard InChI is InChI=1S/C20H28BrN6O4/c1-14(2)11-13-23-19(29)17(4-3-12-24-20(22)26-27(30)31)25-18(28)10-7-15-5-8-16(21)9-6-15/h5-10,13-14,17H,3-4,11-12H2,1-2H3,(H,23,29)(H,25,28)(H3,22,24,26)/b10-7+/t17-/m0/s1. The van der Waals surface area contributed by atoms with Gasteiger partial charge in [-0.15, -0.1) is 0 Å². The molecule has 0 saturated carbocycles. The topological polar surface area (TPSA) is 149 Å². The Morgan fingerprint density at radius 1 is 1.26 bits per heavy atom. The average molecular weight is 496 g/mol. The number of amides is 2. The van der Waals surface area contributed by atoms with Gasteiger partial charge in [0.1, 0.15) is 6.04 Å². The summed E-state index contributed by atoms with van der Waals surface area (Å²) in [6.45, 7) is 5.94. The van der Waals surface area contributed by atoms with Gasteiger partial charge in [-0.2, -0.15) is 0 Å². The Hall–Kier alpha value is -2.95. The molecular formula is C20H28BrN6O4. The molecule has 0 saturated heterocycles. The average Bonchev–Trinajstić information content (AvgIpc) is 2.69. The molecule has 1 aromatic carbocycles. The van der Waals surface area contributed by atoms with E-state index in [0.717, 1.165) is 10.0 Å². The molecule has 0 aromatic heterocycles. The molecule has 10 nitrogen and oxygen atoms in total. The van der Waals surface area contributed by atoms with Crippen molar-refractivity contribution in [3.05, 3.63) is 57.0 Å². The molecule has 5 N–H and O–H groups in total. The van der Waals surface area contributed by atoms with E-state index in [1.54, 1.807) is 18.0 Å². The van der Waals surface area contributed by atoms with Gasteiger partial charge >= 0.3 is 0 Å². The fourth-order valence-corrected chi connectivity index (χ4v) is 2.64. The van der Waals surface area contributed by atoms with Crippen molar-refractivity contribution in [1.29, 1.82) is 5.41 Å². The second-order valence-electron chi connectivity index (χ2n) is 7.10. The zero-order valence-electron chi connectivity index (χ0n) is 17.5. The van der Waals surface area contributed by atoms with Crippen LogP contribution >= 0.6 is 15.9 Å². The number of carbonyl (C=O) groups is 2. The lowest BCUT2D eigenvalue weighted by Gasteiger charge is -2.18. The molecule has 1 radical (unpaired) electrons. The number of nitro groups is 1. The number of rotatable bonds is 12. The molecule has 0 aliphatic heterocycles. The van der Waals surface area contributed by atoms with Crippen LogP contribution in [0.2, 0.25) is 0 Å². The molecule has 0 aliphatic carbocycles. The molecule has 1 atom stereocenters. The minimum absolute atomic E-state index is 0.226. The quantitative estimate of drug-likeness (QED) is 0.0749. The third-order valence-corrected chi connectivity index (χ3v) is 4.47. The van der Waals surface area contributed by atoms with Gasteiger partial charge in [-0.25, -0.2) is 10.1 Å². The van der Waals surface area contributed by atoms with E-state index in [2.05, 4.69) is 31.9 Å². The largest absolute Gasteiger partial charge is 0.352 e. The summed E-state index contributed by atoms with van der Waals surface area (Å²) < 4.78 is 0.929. The van der Waals surface area contributed by atoms with Crippen molar-refractivity contribution >= 4 is 39.8 Å². The van der Waals surface area contributed by atoms with E-state index in [1.807, 2.05) is 38.1 Å². The monoisotopic (exact) mass is 495 g/mol. The Morgan fingerprint density at radius 3 is 2.55 bits per heavy atom. The lowest BCUT2D eigenvalue weighted by Crippen LogP contribution is -2.46. The molecule has 0 aliphatic rings. The lowest BCUT2D eigenvalue weighted by molar-refractivity contribution is -0.525. The minimum atomic E-state index is -0.839. The molecule has 1 aromatic rings. The Balaban J connectivity index is 2.62. The van der Waals surface area contributed by atoms with Crippen LogP contribution in [0.4, 0.5) is 0 Å². The van der Waals surface area contributed by atoms with Gasteiger partial charge < -0.3 is 16.0 Å². The van der Waals surface area contributed by atoms with Crippen molar-refractivity contribution in [1.82, 2.24) is 21.4 Å². The Kier molecular flexibility index (Phi) is 11.9. The van der Waals surface area contributed by atoms with Crippen LogP contribution in [0.3, 0.4) is 0 Å². The van der Waals surface area contributed by atoms with Gasteiger partial charge in [0.2, 0.25) is 11.8 Å². The number of nitrogens with zero attached hydrogens (tertiary/aromatic N) is 1. The van der Waals surface area contributed by atoms with Crippen molar-refractivity contribution in [2.45, 2.75) is 39.2 Å². The summed E-state index contributed by atoms with van der Waals surface area (Å²) in [5, 5.41) is 24.7. The Bertz CT molecular complexity index is 782. The number of nitrogens with one attached hydrogen (secondary N) is 5. The number of carbonyl (C=O) groups excluding carboxylic acids is 2. The molecule has 2 amide bonds. The second-order valence-corrected chi connectivity index (χ2v) is 8.02. The fourth-order valence-electron chi connectivity index (χ4n) is 2.38. The van der Waals surface area contributed by atoms with E-state index < -0.39 is 22.9 Å². The van der Waals surface area contributed by atoms with Gasteiger partial charge in [-0.1, -0.05) is 47.3 Å².